The summed E-state index contributed by atoms with van der Waals surface area (Å²) in [6, 6.07) is 8.21. The van der Waals surface area contributed by atoms with E-state index in [-0.39, 0.29) is 24.8 Å². The first-order chi connectivity index (χ1) is 11.6. The summed E-state index contributed by atoms with van der Waals surface area (Å²) in [4.78, 5) is 24.0. The molecule has 1 atom stereocenters. The van der Waals surface area contributed by atoms with Crippen molar-refractivity contribution in [2.75, 3.05) is 6.61 Å². The highest BCUT2D eigenvalue weighted by Gasteiger charge is 2.47. The Morgan fingerprint density at radius 1 is 1.04 bits per heavy atom. The number of ether oxygens (including phenoxy) is 1. The van der Waals surface area contributed by atoms with E-state index in [2.05, 4.69) is 12.1 Å². The lowest BCUT2D eigenvalue weighted by molar-refractivity contribution is -0.178. The van der Waals surface area contributed by atoms with Gasteiger partial charge < -0.3 is 9.84 Å². The third-order valence-electron chi connectivity index (χ3n) is 5.51. The Labute approximate surface area is 143 Å². The van der Waals surface area contributed by atoms with E-state index in [9.17, 15) is 9.59 Å². The van der Waals surface area contributed by atoms with Crippen LogP contribution >= 0.6 is 0 Å². The van der Waals surface area contributed by atoms with Crippen LogP contribution in [0, 0.1) is 5.92 Å². The largest absolute Gasteiger partial charge is 0.458 e. The van der Waals surface area contributed by atoms with Crippen molar-refractivity contribution < 1.29 is 19.4 Å². The minimum atomic E-state index is -0.591. The van der Waals surface area contributed by atoms with Gasteiger partial charge in [0.1, 0.15) is 17.8 Å². The molecule has 4 nitrogen and oxygen atoms in total. The van der Waals surface area contributed by atoms with Crippen LogP contribution in [0.2, 0.25) is 0 Å². The van der Waals surface area contributed by atoms with Gasteiger partial charge in [-0.25, -0.2) is 0 Å². The Morgan fingerprint density at radius 2 is 1.67 bits per heavy atom. The number of carbonyl (C=O) groups excluding carboxylic acids is 2. The molecule has 2 fully saturated rings. The van der Waals surface area contributed by atoms with Gasteiger partial charge in [0.25, 0.3) is 0 Å². The zero-order valence-electron chi connectivity index (χ0n) is 14.1. The first kappa shape index (κ1) is 17.2. The standard InChI is InChI=1S/C20H26O4/c21-12-10-16-7-5-15(6-8-16)9-11-20(17-3-1-2-4-17)14-18(22)13-19(23)24-20/h5-8,17,21H,1-4,9-14H2. The molecule has 0 aromatic heterocycles. The lowest BCUT2D eigenvalue weighted by Crippen LogP contribution is -2.48. The maximum absolute atomic E-state index is 12.0. The molecular weight excluding hydrogens is 304 g/mol. The number of benzene rings is 1. The highest BCUT2D eigenvalue weighted by atomic mass is 16.6. The van der Waals surface area contributed by atoms with Gasteiger partial charge in [-0.15, -0.1) is 0 Å². The smallest absolute Gasteiger partial charge is 0.313 e. The second-order valence-electron chi connectivity index (χ2n) is 7.20. The topological polar surface area (TPSA) is 63.6 Å². The molecular formula is C20H26O4. The second-order valence-corrected chi connectivity index (χ2v) is 7.20. The Morgan fingerprint density at radius 3 is 2.25 bits per heavy atom. The SMILES string of the molecule is O=C1CC(=O)OC(CCc2ccc(CCO)cc2)(C2CCCC2)C1. The number of hydrogen-bond acceptors (Lipinski definition) is 4. The fraction of sp³-hybridized carbons (Fsp3) is 0.600. The molecule has 0 spiro atoms. The average molecular weight is 330 g/mol. The van der Waals surface area contributed by atoms with E-state index in [1.54, 1.807) is 0 Å². The van der Waals surface area contributed by atoms with Gasteiger partial charge in [0.2, 0.25) is 0 Å². The molecule has 1 aromatic rings. The maximum Gasteiger partial charge on any atom is 0.313 e. The van der Waals surface area contributed by atoms with Crippen molar-refractivity contribution >= 4 is 11.8 Å². The molecule has 1 saturated heterocycles. The molecule has 1 saturated carbocycles. The van der Waals surface area contributed by atoms with Crippen LogP contribution in [0.1, 0.15) is 56.1 Å². The zero-order valence-corrected chi connectivity index (χ0v) is 14.1. The summed E-state index contributed by atoms with van der Waals surface area (Å²) in [5, 5.41) is 8.99. The Bertz CT molecular complexity index is 568. The van der Waals surface area contributed by atoms with E-state index in [1.165, 1.54) is 5.56 Å². The number of aryl methyl sites for hydroxylation is 1. The van der Waals surface area contributed by atoms with Crippen molar-refractivity contribution in [3.05, 3.63) is 35.4 Å². The Hall–Kier alpha value is -1.68. The number of carbonyl (C=O) groups is 2. The number of aliphatic hydroxyl groups excluding tert-OH is 1. The van der Waals surface area contributed by atoms with Crippen molar-refractivity contribution in [2.24, 2.45) is 5.92 Å². The minimum absolute atomic E-state index is 0.0245. The summed E-state index contributed by atoms with van der Waals surface area (Å²) in [7, 11) is 0. The normalized spacial score (nSPS) is 25.0. The second kappa shape index (κ2) is 7.47. The summed E-state index contributed by atoms with van der Waals surface area (Å²) in [5.74, 6) is -0.00718. The highest BCUT2D eigenvalue weighted by molar-refractivity contribution is 5.98. The summed E-state index contributed by atoms with van der Waals surface area (Å²) in [6.07, 6.45) is 6.92. The first-order valence-corrected chi connectivity index (χ1v) is 9.03. The molecule has 1 unspecified atom stereocenters. The molecule has 1 aliphatic carbocycles. The number of hydrogen-bond donors (Lipinski definition) is 1. The quantitative estimate of drug-likeness (QED) is 0.643. The summed E-state index contributed by atoms with van der Waals surface area (Å²) < 4.78 is 5.82. The molecule has 1 aliphatic heterocycles. The molecule has 2 aliphatic rings. The molecule has 24 heavy (non-hydrogen) atoms. The Balaban J connectivity index is 1.72. The number of esters is 1. The lowest BCUT2D eigenvalue weighted by atomic mass is 9.76. The Kier molecular flexibility index (Phi) is 5.34. The first-order valence-electron chi connectivity index (χ1n) is 9.03. The van der Waals surface area contributed by atoms with E-state index in [4.69, 9.17) is 9.84 Å². The van der Waals surface area contributed by atoms with Crippen LogP contribution < -0.4 is 0 Å². The van der Waals surface area contributed by atoms with Crippen LogP contribution in [0.15, 0.2) is 24.3 Å². The number of cyclic esters (lactones) is 1. The third kappa shape index (κ3) is 3.86. The summed E-state index contributed by atoms with van der Waals surface area (Å²) >= 11 is 0. The van der Waals surface area contributed by atoms with E-state index < -0.39 is 5.60 Å². The third-order valence-corrected chi connectivity index (χ3v) is 5.51. The van der Waals surface area contributed by atoms with Crippen molar-refractivity contribution in [2.45, 2.75) is 63.4 Å². The van der Waals surface area contributed by atoms with Crippen molar-refractivity contribution in [3.63, 3.8) is 0 Å². The molecule has 1 aromatic carbocycles. The fourth-order valence-corrected chi connectivity index (χ4v) is 4.24. The molecule has 4 heteroatoms. The average Bonchev–Trinajstić information content (AvgIpc) is 3.09. The number of rotatable bonds is 6. The fourth-order valence-electron chi connectivity index (χ4n) is 4.24. The predicted molar refractivity (Wildman–Crippen MR) is 90.6 cm³/mol. The van der Waals surface area contributed by atoms with Crippen LogP contribution in [0.25, 0.3) is 0 Å². The number of Topliss-reactive ketones (excluding diaryl/α,β-unsaturated/α-hetero) is 1. The van der Waals surface area contributed by atoms with Crippen LogP contribution in [0.5, 0.6) is 0 Å². The molecule has 0 bridgehead atoms. The van der Waals surface area contributed by atoms with Crippen LogP contribution in [-0.4, -0.2) is 29.1 Å². The number of ketones is 1. The summed E-state index contributed by atoms with van der Waals surface area (Å²) in [5.41, 5.74) is 1.71. The van der Waals surface area contributed by atoms with E-state index in [1.807, 2.05) is 12.1 Å². The van der Waals surface area contributed by atoms with E-state index >= 15 is 0 Å². The summed E-state index contributed by atoms with van der Waals surface area (Å²) in [6.45, 7) is 0.155. The predicted octanol–water partition coefficient (Wildman–Crippen LogP) is 2.99. The van der Waals surface area contributed by atoms with Gasteiger partial charge in [0.05, 0.1) is 0 Å². The van der Waals surface area contributed by atoms with Crippen molar-refractivity contribution in [1.29, 1.82) is 0 Å². The van der Waals surface area contributed by atoms with Gasteiger partial charge in [-0.2, -0.15) is 0 Å². The number of aliphatic hydroxyl groups is 1. The van der Waals surface area contributed by atoms with E-state index in [0.717, 1.165) is 37.7 Å². The van der Waals surface area contributed by atoms with Gasteiger partial charge in [0, 0.05) is 13.0 Å². The molecule has 1 N–H and O–H groups in total. The monoisotopic (exact) mass is 330 g/mol. The molecule has 3 rings (SSSR count). The van der Waals surface area contributed by atoms with Gasteiger partial charge in [0.15, 0.2) is 0 Å². The van der Waals surface area contributed by atoms with Crippen LogP contribution in [0.4, 0.5) is 0 Å². The van der Waals surface area contributed by atoms with Gasteiger partial charge in [-0.3, -0.25) is 9.59 Å². The molecule has 1 heterocycles. The van der Waals surface area contributed by atoms with Crippen molar-refractivity contribution in [3.8, 4) is 0 Å². The minimum Gasteiger partial charge on any atom is -0.458 e. The zero-order chi connectivity index (χ0) is 17.0. The van der Waals surface area contributed by atoms with Gasteiger partial charge in [-0.1, -0.05) is 37.1 Å². The molecule has 0 amide bonds. The van der Waals surface area contributed by atoms with Crippen LogP contribution in [0.3, 0.4) is 0 Å². The van der Waals surface area contributed by atoms with Crippen molar-refractivity contribution in [1.82, 2.24) is 0 Å². The van der Waals surface area contributed by atoms with E-state index in [0.29, 0.717) is 25.2 Å². The van der Waals surface area contributed by atoms with Gasteiger partial charge in [-0.05, 0) is 49.1 Å². The highest BCUT2D eigenvalue weighted by Crippen LogP contribution is 2.43. The van der Waals surface area contributed by atoms with Crippen LogP contribution in [-0.2, 0) is 27.2 Å². The lowest BCUT2D eigenvalue weighted by Gasteiger charge is -2.41. The molecule has 0 radical (unpaired) electrons. The maximum atomic E-state index is 12.0. The van der Waals surface area contributed by atoms with Gasteiger partial charge >= 0.3 is 5.97 Å². The molecule has 130 valence electrons.